The minimum Gasteiger partial charge on any atom is -0.467 e. The SMILES string of the molecule is CCc1ccccc1N(C(=O)CNC(=O)c1cccs1)[C@@H](C(=O)NC1CCCCC1)c1ccco1. The van der Waals surface area contributed by atoms with Crippen LogP contribution in [-0.2, 0) is 16.0 Å². The minimum absolute atomic E-state index is 0.0746. The van der Waals surface area contributed by atoms with Crippen molar-refractivity contribution < 1.29 is 18.8 Å². The van der Waals surface area contributed by atoms with Gasteiger partial charge in [-0.2, -0.15) is 0 Å². The van der Waals surface area contributed by atoms with E-state index in [1.165, 1.54) is 28.9 Å². The molecule has 184 valence electrons. The fraction of sp³-hybridized carbons (Fsp3) is 0.370. The molecule has 0 spiro atoms. The van der Waals surface area contributed by atoms with Gasteiger partial charge in [-0.15, -0.1) is 11.3 Å². The van der Waals surface area contributed by atoms with Crippen molar-refractivity contribution in [2.45, 2.75) is 57.5 Å². The van der Waals surface area contributed by atoms with Gasteiger partial charge in [0.1, 0.15) is 5.76 Å². The molecule has 3 amide bonds. The number of hydrogen-bond donors (Lipinski definition) is 2. The summed E-state index contributed by atoms with van der Waals surface area (Å²) < 4.78 is 5.68. The fourth-order valence-electron chi connectivity index (χ4n) is 4.55. The lowest BCUT2D eigenvalue weighted by molar-refractivity contribution is -0.127. The van der Waals surface area contributed by atoms with Crippen LogP contribution in [-0.4, -0.2) is 30.3 Å². The Morgan fingerprint density at radius 2 is 1.86 bits per heavy atom. The molecule has 2 aromatic heterocycles. The minimum atomic E-state index is -0.995. The molecular formula is C27H31N3O4S. The predicted molar refractivity (Wildman–Crippen MR) is 136 cm³/mol. The Kier molecular flexibility index (Phi) is 8.36. The number of anilines is 1. The van der Waals surface area contributed by atoms with E-state index in [4.69, 9.17) is 4.42 Å². The van der Waals surface area contributed by atoms with E-state index < -0.39 is 11.9 Å². The van der Waals surface area contributed by atoms with Gasteiger partial charge in [-0.3, -0.25) is 19.3 Å². The zero-order valence-corrected chi connectivity index (χ0v) is 20.7. The molecule has 2 heterocycles. The number of furan rings is 1. The van der Waals surface area contributed by atoms with Crippen LogP contribution in [0.5, 0.6) is 0 Å². The first kappa shape index (κ1) is 24.7. The van der Waals surface area contributed by atoms with Gasteiger partial charge in [0, 0.05) is 11.7 Å². The molecule has 0 radical (unpaired) electrons. The summed E-state index contributed by atoms with van der Waals surface area (Å²) in [5, 5.41) is 7.68. The highest BCUT2D eigenvalue weighted by atomic mass is 32.1. The maximum absolute atomic E-state index is 13.7. The summed E-state index contributed by atoms with van der Waals surface area (Å²) in [6, 6.07) is 13.5. The molecule has 3 aromatic rings. The van der Waals surface area contributed by atoms with Crippen LogP contribution in [0, 0.1) is 0 Å². The molecule has 1 aliphatic rings. The normalized spacial score (nSPS) is 14.8. The molecule has 0 saturated heterocycles. The maximum atomic E-state index is 13.7. The van der Waals surface area contributed by atoms with Crippen molar-refractivity contribution in [2.75, 3.05) is 11.4 Å². The van der Waals surface area contributed by atoms with Gasteiger partial charge in [-0.1, -0.05) is 50.5 Å². The third kappa shape index (κ3) is 6.00. The van der Waals surface area contributed by atoms with E-state index >= 15 is 0 Å². The standard InChI is InChI=1S/C27H31N3O4S/c1-2-19-10-6-7-13-21(19)30(24(31)18-28-26(32)23-15-9-17-35-23)25(22-14-8-16-34-22)27(33)29-20-11-4-3-5-12-20/h6-10,13-17,20,25H,2-5,11-12,18H2,1H3,(H,28,32)(H,29,33)/t25-/m1/s1. The molecule has 7 nitrogen and oxygen atoms in total. The van der Waals surface area contributed by atoms with Crippen LogP contribution in [0.15, 0.2) is 64.6 Å². The number of nitrogens with zero attached hydrogens (tertiary/aromatic N) is 1. The van der Waals surface area contributed by atoms with Gasteiger partial charge < -0.3 is 15.1 Å². The first-order chi connectivity index (χ1) is 17.1. The molecule has 0 bridgehead atoms. The summed E-state index contributed by atoms with van der Waals surface area (Å²) in [6.07, 6.45) is 7.35. The molecule has 0 unspecified atom stereocenters. The molecule has 1 aromatic carbocycles. The zero-order valence-electron chi connectivity index (χ0n) is 19.9. The summed E-state index contributed by atoms with van der Waals surface area (Å²) in [6.45, 7) is 1.76. The molecule has 1 fully saturated rings. The summed E-state index contributed by atoms with van der Waals surface area (Å²) in [5.41, 5.74) is 1.55. The predicted octanol–water partition coefficient (Wildman–Crippen LogP) is 4.86. The maximum Gasteiger partial charge on any atom is 0.261 e. The van der Waals surface area contributed by atoms with E-state index in [9.17, 15) is 14.4 Å². The lowest BCUT2D eigenvalue weighted by Gasteiger charge is -2.33. The van der Waals surface area contributed by atoms with Crippen LogP contribution in [0.25, 0.3) is 0 Å². The van der Waals surface area contributed by atoms with Crippen LogP contribution in [0.4, 0.5) is 5.69 Å². The van der Waals surface area contributed by atoms with Gasteiger partial charge in [-0.05, 0) is 54.5 Å². The number of thiophene rings is 1. The van der Waals surface area contributed by atoms with Crippen LogP contribution >= 0.6 is 11.3 Å². The molecular weight excluding hydrogens is 462 g/mol. The number of aryl methyl sites for hydroxylation is 1. The van der Waals surface area contributed by atoms with E-state index in [1.54, 1.807) is 24.3 Å². The van der Waals surface area contributed by atoms with E-state index in [0.29, 0.717) is 22.7 Å². The van der Waals surface area contributed by atoms with E-state index in [2.05, 4.69) is 10.6 Å². The molecule has 1 atom stereocenters. The number of nitrogens with one attached hydrogen (secondary N) is 2. The molecule has 4 rings (SSSR count). The topological polar surface area (TPSA) is 91.7 Å². The van der Waals surface area contributed by atoms with Crippen LogP contribution in [0.2, 0.25) is 0 Å². The van der Waals surface area contributed by atoms with Gasteiger partial charge in [0.2, 0.25) is 5.91 Å². The number of para-hydroxylation sites is 1. The van der Waals surface area contributed by atoms with Crippen molar-refractivity contribution in [3.63, 3.8) is 0 Å². The Hall–Kier alpha value is -3.39. The van der Waals surface area contributed by atoms with E-state index in [0.717, 1.165) is 31.2 Å². The van der Waals surface area contributed by atoms with E-state index in [1.807, 2.05) is 36.6 Å². The van der Waals surface area contributed by atoms with Crippen LogP contribution in [0.3, 0.4) is 0 Å². The molecule has 1 aliphatic carbocycles. The largest absolute Gasteiger partial charge is 0.467 e. The van der Waals surface area contributed by atoms with Crippen LogP contribution < -0.4 is 15.5 Å². The Morgan fingerprint density at radius 3 is 2.54 bits per heavy atom. The second-order valence-electron chi connectivity index (χ2n) is 8.67. The number of hydrogen-bond acceptors (Lipinski definition) is 5. The quantitative estimate of drug-likeness (QED) is 0.445. The van der Waals surface area contributed by atoms with Gasteiger partial charge >= 0.3 is 0 Å². The summed E-state index contributed by atoms with van der Waals surface area (Å²) in [4.78, 5) is 41.9. The number of amides is 3. The molecule has 35 heavy (non-hydrogen) atoms. The Labute approximate surface area is 209 Å². The average molecular weight is 494 g/mol. The van der Waals surface area contributed by atoms with Crippen molar-refractivity contribution in [3.8, 4) is 0 Å². The highest BCUT2D eigenvalue weighted by Crippen LogP contribution is 2.32. The highest BCUT2D eigenvalue weighted by molar-refractivity contribution is 7.12. The zero-order chi connectivity index (χ0) is 24.6. The average Bonchev–Trinajstić information content (AvgIpc) is 3.61. The lowest BCUT2D eigenvalue weighted by Crippen LogP contribution is -2.49. The summed E-state index contributed by atoms with van der Waals surface area (Å²) >= 11 is 1.31. The smallest absolute Gasteiger partial charge is 0.261 e. The Bertz CT molecular complexity index is 1120. The third-order valence-corrected chi connectivity index (χ3v) is 7.19. The summed E-state index contributed by atoms with van der Waals surface area (Å²) in [7, 11) is 0. The molecule has 8 heteroatoms. The van der Waals surface area contributed by atoms with Crippen LogP contribution in [0.1, 0.15) is 66.1 Å². The first-order valence-electron chi connectivity index (χ1n) is 12.1. The molecule has 1 saturated carbocycles. The van der Waals surface area contributed by atoms with Crippen molar-refractivity contribution in [3.05, 3.63) is 76.4 Å². The van der Waals surface area contributed by atoms with Gasteiger partial charge in [0.25, 0.3) is 11.8 Å². The fourth-order valence-corrected chi connectivity index (χ4v) is 5.19. The van der Waals surface area contributed by atoms with Crippen molar-refractivity contribution >= 4 is 34.7 Å². The second-order valence-corrected chi connectivity index (χ2v) is 9.62. The lowest BCUT2D eigenvalue weighted by atomic mass is 9.95. The van der Waals surface area contributed by atoms with Crippen molar-refractivity contribution in [1.29, 1.82) is 0 Å². The number of carbonyl (C=O) groups excluding carboxylic acids is 3. The number of carbonyl (C=O) groups is 3. The molecule has 2 N–H and O–H groups in total. The molecule has 0 aliphatic heterocycles. The van der Waals surface area contributed by atoms with E-state index in [-0.39, 0.29) is 24.4 Å². The summed E-state index contributed by atoms with van der Waals surface area (Å²) in [5.74, 6) is -0.618. The highest BCUT2D eigenvalue weighted by Gasteiger charge is 2.36. The Balaban J connectivity index is 1.66. The number of benzene rings is 1. The first-order valence-corrected chi connectivity index (χ1v) is 13.0. The van der Waals surface area contributed by atoms with Gasteiger partial charge in [0.05, 0.1) is 17.7 Å². The third-order valence-electron chi connectivity index (χ3n) is 6.32. The van der Waals surface area contributed by atoms with Gasteiger partial charge in [0.15, 0.2) is 6.04 Å². The number of rotatable bonds is 9. The van der Waals surface area contributed by atoms with Crippen molar-refractivity contribution in [1.82, 2.24) is 10.6 Å². The van der Waals surface area contributed by atoms with Crippen molar-refractivity contribution in [2.24, 2.45) is 0 Å². The Morgan fingerprint density at radius 1 is 1.06 bits per heavy atom. The van der Waals surface area contributed by atoms with Gasteiger partial charge in [-0.25, -0.2) is 0 Å². The second kappa shape index (κ2) is 11.8. The monoisotopic (exact) mass is 493 g/mol.